The normalized spacial score (nSPS) is 34.1. The summed E-state index contributed by atoms with van der Waals surface area (Å²) in [7, 11) is 0. The van der Waals surface area contributed by atoms with Gasteiger partial charge in [0.25, 0.3) is 0 Å². The summed E-state index contributed by atoms with van der Waals surface area (Å²) in [4.78, 5) is 31.2. The Bertz CT molecular complexity index is 713. The molecule has 2 saturated heterocycles. The summed E-state index contributed by atoms with van der Waals surface area (Å²) in [6.07, 6.45) is 11.4. The minimum atomic E-state index is -0.143. The highest BCUT2D eigenvalue weighted by atomic mass is 16.6. The van der Waals surface area contributed by atoms with Gasteiger partial charge in [-0.3, -0.25) is 4.90 Å². The van der Waals surface area contributed by atoms with E-state index in [1.165, 1.54) is 18.4 Å². The summed E-state index contributed by atoms with van der Waals surface area (Å²) in [6.45, 7) is 7.03. The second-order valence-corrected chi connectivity index (χ2v) is 10.0. The van der Waals surface area contributed by atoms with Gasteiger partial charge in [0, 0.05) is 44.8 Å². The van der Waals surface area contributed by atoms with Crippen LogP contribution in [0.1, 0.15) is 58.3 Å². The molecule has 30 heavy (non-hydrogen) atoms. The van der Waals surface area contributed by atoms with Crippen LogP contribution in [0.4, 0.5) is 9.59 Å². The SMILES string of the molecule is CCOC(=O)N1CCC2(CC(N3CC=C([C@@H]4CCCN4C(=O)NC4CC4)CC3)C2)C1. The minimum Gasteiger partial charge on any atom is -0.450 e. The lowest BCUT2D eigenvalue weighted by Crippen LogP contribution is -2.54. The highest BCUT2D eigenvalue weighted by Crippen LogP contribution is 2.50. The van der Waals surface area contributed by atoms with Gasteiger partial charge in [-0.2, -0.15) is 0 Å². The second-order valence-electron chi connectivity index (χ2n) is 10.0. The molecule has 1 N–H and O–H groups in total. The van der Waals surface area contributed by atoms with E-state index in [-0.39, 0.29) is 12.1 Å². The largest absolute Gasteiger partial charge is 0.450 e. The highest BCUT2D eigenvalue weighted by Gasteiger charge is 2.51. The molecule has 7 heteroatoms. The maximum Gasteiger partial charge on any atom is 0.409 e. The van der Waals surface area contributed by atoms with Crippen molar-refractivity contribution in [2.75, 3.05) is 39.3 Å². The summed E-state index contributed by atoms with van der Waals surface area (Å²) >= 11 is 0. The summed E-state index contributed by atoms with van der Waals surface area (Å²) in [5.74, 6) is 0. The van der Waals surface area contributed by atoms with Gasteiger partial charge in [-0.25, -0.2) is 9.59 Å². The minimum absolute atomic E-state index is 0.143. The molecule has 3 amide bonds. The van der Waals surface area contributed by atoms with Crippen molar-refractivity contribution in [1.29, 1.82) is 0 Å². The second kappa shape index (κ2) is 8.06. The van der Waals surface area contributed by atoms with Gasteiger partial charge >= 0.3 is 12.1 Å². The van der Waals surface area contributed by atoms with Gasteiger partial charge in [0.2, 0.25) is 0 Å². The van der Waals surface area contributed by atoms with Crippen LogP contribution in [0.5, 0.6) is 0 Å². The Kier molecular flexibility index (Phi) is 5.42. The molecule has 166 valence electrons. The van der Waals surface area contributed by atoms with Gasteiger partial charge in [-0.05, 0) is 69.3 Å². The van der Waals surface area contributed by atoms with E-state index in [0.29, 0.717) is 30.1 Å². The topological polar surface area (TPSA) is 65.1 Å². The van der Waals surface area contributed by atoms with Gasteiger partial charge in [-0.15, -0.1) is 0 Å². The van der Waals surface area contributed by atoms with Gasteiger partial charge in [0.05, 0.1) is 12.6 Å². The maximum absolute atomic E-state index is 12.6. The zero-order chi connectivity index (χ0) is 20.7. The van der Waals surface area contributed by atoms with E-state index < -0.39 is 0 Å². The van der Waals surface area contributed by atoms with Crippen LogP contribution in [0.25, 0.3) is 0 Å². The van der Waals surface area contributed by atoms with E-state index in [9.17, 15) is 9.59 Å². The quantitative estimate of drug-likeness (QED) is 0.716. The van der Waals surface area contributed by atoms with E-state index in [4.69, 9.17) is 4.74 Å². The van der Waals surface area contributed by atoms with Crippen molar-refractivity contribution >= 4 is 12.1 Å². The van der Waals surface area contributed by atoms with Crippen LogP contribution in [0.3, 0.4) is 0 Å². The van der Waals surface area contributed by atoms with Gasteiger partial charge < -0.3 is 19.9 Å². The zero-order valence-electron chi connectivity index (χ0n) is 18.3. The predicted octanol–water partition coefficient (Wildman–Crippen LogP) is 2.97. The lowest BCUT2D eigenvalue weighted by atomic mass is 9.64. The fourth-order valence-electron chi connectivity index (χ4n) is 6.05. The lowest BCUT2D eigenvalue weighted by Gasteiger charge is -2.51. The molecule has 0 aromatic carbocycles. The third-order valence-electron chi connectivity index (χ3n) is 7.94. The van der Waals surface area contributed by atoms with E-state index in [2.05, 4.69) is 21.2 Å². The molecule has 2 aliphatic carbocycles. The molecule has 1 atom stereocenters. The average Bonchev–Trinajstić information content (AvgIpc) is 3.22. The number of carbonyl (C=O) groups excluding carboxylic acids is 2. The molecule has 2 saturated carbocycles. The lowest BCUT2D eigenvalue weighted by molar-refractivity contribution is 0.00978. The van der Waals surface area contributed by atoms with Gasteiger partial charge in [-0.1, -0.05) is 6.08 Å². The van der Waals surface area contributed by atoms with E-state index in [1.807, 2.05) is 11.8 Å². The van der Waals surface area contributed by atoms with Crippen LogP contribution in [0.2, 0.25) is 0 Å². The summed E-state index contributed by atoms with van der Waals surface area (Å²) in [6, 6.07) is 1.53. The summed E-state index contributed by atoms with van der Waals surface area (Å²) in [5, 5.41) is 3.17. The molecule has 3 heterocycles. The molecule has 0 radical (unpaired) electrons. The zero-order valence-corrected chi connectivity index (χ0v) is 18.3. The number of nitrogens with zero attached hydrogens (tertiary/aromatic N) is 3. The molecular weight excluding hydrogens is 380 g/mol. The Labute approximate surface area is 179 Å². The molecule has 3 aliphatic heterocycles. The molecule has 0 aromatic heterocycles. The Morgan fingerprint density at radius 1 is 1.20 bits per heavy atom. The number of likely N-dealkylation sites (tertiary alicyclic amines) is 2. The monoisotopic (exact) mass is 416 g/mol. The third kappa shape index (κ3) is 3.93. The molecule has 7 nitrogen and oxygen atoms in total. The highest BCUT2D eigenvalue weighted by molar-refractivity contribution is 5.76. The van der Waals surface area contributed by atoms with Crippen molar-refractivity contribution in [1.82, 2.24) is 20.0 Å². The van der Waals surface area contributed by atoms with E-state index >= 15 is 0 Å². The third-order valence-corrected chi connectivity index (χ3v) is 7.94. The van der Waals surface area contributed by atoms with Crippen molar-refractivity contribution in [3.05, 3.63) is 11.6 Å². The number of hydrogen-bond acceptors (Lipinski definition) is 4. The molecule has 5 aliphatic rings. The first-order chi connectivity index (χ1) is 14.6. The van der Waals surface area contributed by atoms with E-state index in [1.54, 1.807) is 0 Å². The smallest absolute Gasteiger partial charge is 0.409 e. The van der Waals surface area contributed by atoms with Crippen molar-refractivity contribution in [3.8, 4) is 0 Å². The van der Waals surface area contributed by atoms with Crippen molar-refractivity contribution in [2.45, 2.75) is 76.4 Å². The summed E-state index contributed by atoms with van der Waals surface area (Å²) < 4.78 is 5.18. The Morgan fingerprint density at radius 2 is 2.03 bits per heavy atom. The number of amides is 3. The van der Waals surface area contributed by atoms with Crippen LogP contribution < -0.4 is 5.32 Å². The number of hydrogen-bond donors (Lipinski definition) is 1. The van der Waals surface area contributed by atoms with Crippen molar-refractivity contribution in [3.63, 3.8) is 0 Å². The van der Waals surface area contributed by atoms with Crippen LogP contribution in [-0.2, 0) is 4.74 Å². The van der Waals surface area contributed by atoms with Crippen molar-refractivity contribution < 1.29 is 14.3 Å². The fourth-order valence-corrected chi connectivity index (χ4v) is 6.05. The Balaban J connectivity index is 1.11. The number of rotatable bonds is 4. The van der Waals surface area contributed by atoms with Crippen molar-refractivity contribution in [2.24, 2.45) is 5.41 Å². The van der Waals surface area contributed by atoms with Crippen LogP contribution in [0, 0.1) is 5.41 Å². The molecule has 4 fully saturated rings. The van der Waals surface area contributed by atoms with E-state index in [0.717, 1.165) is 71.2 Å². The molecular formula is C23H36N4O3. The van der Waals surface area contributed by atoms with Crippen LogP contribution in [0.15, 0.2) is 11.6 Å². The molecule has 0 unspecified atom stereocenters. The number of carbonyl (C=O) groups is 2. The first-order valence-corrected chi connectivity index (χ1v) is 12.0. The maximum atomic E-state index is 12.6. The number of urea groups is 1. The molecule has 0 aromatic rings. The van der Waals surface area contributed by atoms with Gasteiger partial charge in [0.15, 0.2) is 0 Å². The van der Waals surface area contributed by atoms with Crippen LogP contribution >= 0.6 is 0 Å². The first kappa shape index (κ1) is 20.2. The number of ether oxygens (including phenoxy) is 1. The Hall–Kier alpha value is -1.76. The molecule has 1 spiro atoms. The average molecular weight is 417 g/mol. The first-order valence-electron chi connectivity index (χ1n) is 12.0. The van der Waals surface area contributed by atoms with Crippen LogP contribution in [-0.4, -0.2) is 84.3 Å². The fraction of sp³-hybridized carbons (Fsp3) is 0.826. The summed E-state index contributed by atoms with van der Waals surface area (Å²) in [5.41, 5.74) is 1.79. The Morgan fingerprint density at radius 3 is 2.73 bits per heavy atom. The number of nitrogens with one attached hydrogen (secondary N) is 1. The standard InChI is InChI=1S/C23H36N4O3/c1-2-30-22(29)26-13-9-23(16-26)14-19(15-23)25-11-7-17(8-12-25)20-4-3-10-27(20)21(28)24-18-5-6-18/h7,18-20H,2-6,8-16H2,1H3,(H,24,28)/t19?,20-,23?/m0/s1. The predicted molar refractivity (Wildman–Crippen MR) is 114 cm³/mol. The molecule has 0 bridgehead atoms. The van der Waals surface area contributed by atoms with Gasteiger partial charge in [0.1, 0.15) is 0 Å². The molecule has 5 rings (SSSR count).